The van der Waals surface area contributed by atoms with Gasteiger partial charge in [0.1, 0.15) is 0 Å². The zero-order valence-electron chi connectivity index (χ0n) is 13.8. The maximum Gasteiger partial charge on any atom is 0.271 e. The molecule has 2 aromatic rings. The van der Waals surface area contributed by atoms with Gasteiger partial charge < -0.3 is 5.32 Å². The highest BCUT2D eigenvalue weighted by Gasteiger charge is 2.38. The second-order valence-electron chi connectivity index (χ2n) is 5.51. The molecule has 0 aliphatic carbocycles. The Labute approximate surface area is 165 Å². The molecule has 1 fully saturated rings. The lowest BCUT2D eigenvalue weighted by Gasteiger charge is -2.30. The van der Waals surface area contributed by atoms with Gasteiger partial charge in [-0.3, -0.25) is 19.3 Å². The molecule has 0 spiro atoms. The summed E-state index contributed by atoms with van der Waals surface area (Å²) in [6.45, 7) is 0. The monoisotopic (exact) mass is 400 g/mol. The zero-order chi connectivity index (χ0) is 19.4. The number of para-hydroxylation sites is 1. The summed E-state index contributed by atoms with van der Waals surface area (Å²) in [6.07, 6.45) is 1.07. The van der Waals surface area contributed by atoms with Crippen molar-refractivity contribution in [2.24, 2.45) is 11.0 Å². The molecule has 0 aromatic heterocycles. The molecular formula is C18H13ClN4O3S. The molecule has 9 heteroatoms. The minimum atomic E-state index is -1.22. The van der Waals surface area contributed by atoms with E-state index in [-0.39, 0.29) is 5.11 Å². The number of benzene rings is 2. The van der Waals surface area contributed by atoms with Gasteiger partial charge in [0.25, 0.3) is 11.8 Å². The summed E-state index contributed by atoms with van der Waals surface area (Å²) in [6, 6.07) is 14.9. The van der Waals surface area contributed by atoms with Crippen molar-refractivity contribution >= 4 is 58.6 Å². The maximum atomic E-state index is 12.7. The lowest BCUT2D eigenvalue weighted by atomic mass is 10.1. The number of nitrogens with one attached hydrogen (secondary N) is 2. The van der Waals surface area contributed by atoms with Crippen LogP contribution in [-0.2, 0) is 9.59 Å². The highest BCUT2D eigenvalue weighted by atomic mass is 35.5. The largest absolute Gasteiger partial charge is 0.301 e. The summed E-state index contributed by atoms with van der Waals surface area (Å²) in [7, 11) is 0. The molecule has 2 N–H and O–H groups in total. The fourth-order valence-corrected chi connectivity index (χ4v) is 2.80. The number of rotatable bonds is 4. The number of hydrazone groups is 1. The summed E-state index contributed by atoms with van der Waals surface area (Å²) in [4.78, 5) is 38.0. The van der Waals surface area contributed by atoms with Crippen molar-refractivity contribution in [2.75, 3.05) is 4.90 Å². The van der Waals surface area contributed by atoms with Crippen molar-refractivity contribution in [1.29, 1.82) is 0 Å². The van der Waals surface area contributed by atoms with Crippen molar-refractivity contribution in [1.82, 2.24) is 10.7 Å². The van der Waals surface area contributed by atoms with Gasteiger partial charge in [-0.15, -0.1) is 0 Å². The number of amides is 3. The highest BCUT2D eigenvalue weighted by molar-refractivity contribution is 7.80. The molecule has 7 nitrogen and oxygen atoms in total. The van der Waals surface area contributed by atoms with Gasteiger partial charge in [-0.2, -0.15) is 5.10 Å². The standard InChI is InChI=1S/C18H13ClN4O3S/c19-12-8-6-11(7-9-12)15(24)22-20-10-14-16(25)21-18(27)23(17(14)26)13-4-2-1-3-5-13/h1-10,14H,(H,22,24)(H,21,25,27)/b20-10+. The van der Waals surface area contributed by atoms with E-state index in [1.54, 1.807) is 42.5 Å². The van der Waals surface area contributed by atoms with Crippen LogP contribution in [0.25, 0.3) is 0 Å². The van der Waals surface area contributed by atoms with Crippen molar-refractivity contribution < 1.29 is 14.4 Å². The first-order valence-electron chi connectivity index (χ1n) is 7.80. The molecule has 0 saturated carbocycles. The Hall–Kier alpha value is -3.10. The molecule has 136 valence electrons. The van der Waals surface area contributed by atoms with Crippen LogP contribution in [0.15, 0.2) is 59.7 Å². The number of nitrogens with zero attached hydrogens (tertiary/aromatic N) is 2. The third kappa shape index (κ3) is 4.18. The Kier molecular flexibility index (Phi) is 5.58. The molecule has 3 amide bonds. The molecule has 27 heavy (non-hydrogen) atoms. The molecular weight excluding hydrogens is 388 g/mol. The van der Waals surface area contributed by atoms with E-state index in [2.05, 4.69) is 15.8 Å². The maximum absolute atomic E-state index is 12.7. The van der Waals surface area contributed by atoms with Crippen LogP contribution in [0.1, 0.15) is 10.4 Å². The number of carbonyl (C=O) groups is 3. The van der Waals surface area contributed by atoms with Crippen molar-refractivity contribution in [3.05, 3.63) is 65.2 Å². The molecule has 1 heterocycles. The predicted octanol–water partition coefficient (Wildman–Crippen LogP) is 2.12. The molecule has 3 rings (SSSR count). The van der Waals surface area contributed by atoms with Gasteiger partial charge in [0, 0.05) is 16.8 Å². The second kappa shape index (κ2) is 8.07. The first-order valence-corrected chi connectivity index (χ1v) is 8.59. The quantitative estimate of drug-likeness (QED) is 0.356. The summed E-state index contributed by atoms with van der Waals surface area (Å²) in [5, 5.41) is 6.69. The molecule has 1 unspecified atom stereocenters. The van der Waals surface area contributed by atoms with Gasteiger partial charge in [-0.25, -0.2) is 5.43 Å². The fourth-order valence-electron chi connectivity index (χ4n) is 2.38. The van der Waals surface area contributed by atoms with E-state index in [4.69, 9.17) is 23.8 Å². The molecule has 0 radical (unpaired) electrons. The summed E-state index contributed by atoms with van der Waals surface area (Å²) in [5.41, 5.74) is 3.14. The van der Waals surface area contributed by atoms with Crippen LogP contribution in [0.2, 0.25) is 5.02 Å². The van der Waals surface area contributed by atoms with Crippen LogP contribution in [0.5, 0.6) is 0 Å². The van der Waals surface area contributed by atoms with Gasteiger partial charge in [-0.05, 0) is 48.6 Å². The molecule has 1 atom stereocenters. The molecule has 1 aliphatic heterocycles. The van der Waals surface area contributed by atoms with Crippen LogP contribution in [-0.4, -0.2) is 29.0 Å². The third-order valence-corrected chi connectivity index (χ3v) is 4.25. The molecule has 2 aromatic carbocycles. The Morgan fingerprint density at radius 3 is 2.48 bits per heavy atom. The number of halogens is 1. The van der Waals surface area contributed by atoms with Crippen LogP contribution in [0.3, 0.4) is 0 Å². The van der Waals surface area contributed by atoms with E-state index in [0.717, 1.165) is 6.21 Å². The van der Waals surface area contributed by atoms with Crippen LogP contribution in [0, 0.1) is 5.92 Å². The first kappa shape index (κ1) is 18.7. The van der Waals surface area contributed by atoms with Crippen molar-refractivity contribution in [3.63, 3.8) is 0 Å². The lowest BCUT2D eigenvalue weighted by molar-refractivity contribution is -0.130. The number of thiocarbonyl (C=S) groups is 1. The minimum absolute atomic E-state index is 0.00829. The Morgan fingerprint density at radius 2 is 1.81 bits per heavy atom. The van der Waals surface area contributed by atoms with Crippen LogP contribution < -0.4 is 15.6 Å². The van der Waals surface area contributed by atoms with E-state index >= 15 is 0 Å². The van der Waals surface area contributed by atoms with Gasteiger partial charge in [0.2, 0.25) is 5.91 Å². The topological polar surface area (TPSA) is 90.9 Å². The number of hydrogen-bond donors (Lipinski definition) is 2. The van der Waals surface area contributed by atoms with E-state index < -0.39 is 23.6 Å². The molecule has 0 bridgehead atoms. The summed E-state index contributed by atoms with van der Waals surface area (Å²) in [5.74, 6) is -2.88. The summed E-state index contributed by atoms with van der Waals surface area (Å²) < 4.78 is 0. The molecule has 1 aliphatic rings. The second-order valence-corrected chi connectivity index (χ2v) is 6.33. The van der Waals surface area contributed by atoms with Gasteiger partial charge in [-0.1, -0.05) is 29.8 Å². The average molecular weight is 401 g/mol. The smallest absolute Gasteiger partial charge is 0.271 e. The van der Waals surface area contributed by atoms with Gasteiger partial charge >= 0.3 is 0 Å². The first-order chi connectivity index (χ1) is 13.0. The van der Waals surface area contributed by atoms with Crippen molar-refractivity contribution in [2.45, 2.75) is 0 Å². The van der Waals surface area contributed by atoms with Gasteiger partial charge in [0.15, 0.2) is 11.0 Å². The fraction of sp³-hybridized carbons (Fsp3) is 0.0556. The highest BCUT2D eigenvalue weighted by Crippen LogP contribution is 2.19. The van der Waals surface area contributed by atoms with Gasteiger partial charge in [0.05, 0.1) is 5.69 Å². The lowest BCUT2D eigenvalue weighted by Crippen LogP contribution is -2.58. The Morgan fingerprint density at radius 1 is 1.15 bits per heavy atom. The van der Waals surface area contributed by atoms with Crippen LogP contribution >= 0.6 is 23.8 Å². The Bertz CT molecular complexity index is 931. The molecule has 1 saturated heterocycles. The number of hydrogen-bond acceptors (Lipinski definition) is 5. The Balaban J connectivity index is 1.73. The number of anilines is 1. The normalized spacial score (nSPS) is 17.1. The number of carbonyl (C=O) groups excluding carboxylic acids is 3. The summed E-state index contributed by atoms with van der Waals surface area (Å²) >= 11 is 10.9. The average Bonchev–Trinajstić information content (AvgIpc) is 2.65. The van der Waals surface area contributed by atoms with Crippen LogP contribution in [0.4, 0.5) is 5.69 Å². The van der Waals surface area contributed by atoms with E-state index in [1.807, 2.05) is 0 Å². The van der Waals surface area contributed by atoms with E-state index in [9.17, 15) is 14.4 Å². The minimum Gasteiger partial charge on any atom is -0.301 e. The van der Waals surface area contributed by atoms with E-state index in [0.29, 0.717) is 16.3 Å². The predicted molar refractivity (Wildman–Crippen MR) is 106 cm³/mol. The van der Waals surface area contributed by atoms with E-state index in [1.165, 1.54) is 17.0 Å². The van der Waals surface area contributed by atoms with Crippen molar-refractivity contribution in [3.8, 4) is 0 Å². The SMILES string of the molecule is O=C(N/N=C/C1C(=O)NC(=S)N(c2ccccc2)C1=O)c1ccc(Cl)cc1. The zero-order valence-corrected chi connectivity index (χ0v) is 15.3. The third-order valence-electron chi connectivity index (χ3n) is 3.71.